The van der Waals surface area contributed by atoms with Gasteiger partial charge in [-0.25, -0.2) is 18.8 Å². The molecule has 214 valence electrons. The number of nitrogens with one attached hydrogen (secondary N) is 1. The van der Waals surface area contributed by atoms with Crippen molar-refractivity contribution in [2.24, 2.45) is 0 Å². The maximum absolute atomic E-state index is 14.2. The van der Waals surface area contributed by atoms with E-state index in [-0.39, 0.29) is 6.61 Å². The van der Waals surface area contributed by atoms with Gasteiger partial charge in [-0.2, -0.15) is 0 Å². The lowest BCUT2D eigenvalue weighted by atomic mass is 10.2. The first-order valence-corrected chi connectivity index (χ1v) is 12.9. The molecule has 0 saturated heterocycles. The molecular formula is C31H30FNO8. The highest BCUT2D eigenvalue weighted by Gasteiger charge is 2.31. The van der Waals surface area contributed by atoms with Crippen LogP contribution in [0.15, 0.2) is 100 Å². The van der Waals surface area contributed by atoms with Gasteiger partial charge in [0, 0.05) is 30.3 Å². The molecule has 4 aromatic rings. The van der Waals surface area contributed by atoms with Crippen LogP contribution in [0.5, 0.6) is 0 Å². The summed E-state index contributed by atoms with van der Waals surface area (Å²) in [4.78, 5) is 36.9. The number of hydrogen-bond donors (Lipinski definition) is 1. The summed E-state index contributed by atoms with van der Waals surface area (Å²) in [5, 5.41) is 3.87. The summed E-state index contributed by atoms with van der Waals surface area (Å²) in [6.45, 7) is 0.294. The average Bonchev–Trinajstić information content (AvgIpc) is 3.00. The predicted octanol–water partition coefficient (Wildman–Crippen LogP) is 5.00. The van der Waals surface area contributed by atoms with Crippen LogP contribution >= 0.6 is 0 Å². The van der Waals surface area contributed by atoms with Crippen LogP contribution < -0.4 is 10.9 Å². The van der Waals surface area contributed by atoms with E-state index in [1.54, 1.807) is 84.9 Å². The monoisotopic (exact) mass is 563 g/mol. The molecule has 0 aliphatic carbocycles. The largest absolute Gasteiger partial charge is 0.460 e. The first-order chi connectivity index (χ1) is 19.9. The highest BCUT2D eigenvalue weighted by atomic mass is 19.1. The van der Waals surface area contributed by atoms with Gasteiger partial charge >= 0.3 is 17.6 Å². The fourth-order valence-corrected chi connectivity index (χ4v) is 4.02. The van der Waals surface area contributed by atoms with E-state index in [1.165, 1.54) is 20.1 Å². The van der Waals surface area contributed by atoms with Crippen LogP contribution in [0, 0.1) is 0 Å². The third kappa shape index (κ3) is 8.00. The number of anilines is 1. The number of carbonyl (C=O) groups is 2. The minimum Gasteiger partial charge on any atom is -0.460 e. The molecule has 4 rings (SSSR count). The molecule has 3 aromatic carbocycles. The molecule has 0 aliphatic heterocycles. The number of methoxy groups -OCH3 is 1. The number of esters is 2. The lowest BCUT2D eigenvalue weighted by molar-refractivity contribution is -0.191. The van der Waals surface area contributed by atoms with Crippen molar-refractivity contribution in [3.63, 3.8) is 0 Å². The molecule has 1 unspecified atom stereocenters. The number of halogens is 1. The van der Waals surface area contributed by atoms with Crippen molar-refractivity contribution >= 4 is 28.6 Å². The number of fused-ring (bicyclic) bond motifs is 1. The van der Waals surface area contributed by atoms with E-state index < -0.39 is 48.8 Å². The molecule has 9 nitrogen and oxygen atoms in total. The standard InChI is InChI=1S/C31H30FNO8/c1-20(39-30(36)23-11-7-4-8-12-23)27(18-32)41-31(37-2)25(19-38-29(35)22-9-5-3-6-10-22)33-24-15-13-21-14-16-28(34)40-26(21)17-24/h3-17,20,25,27,31,33H,18-19H2,1-2H3/t20-,25-,27?,31-/m0/s1. The highest BCUT2D eigenvalue weighted by molar-refractivity contribution is 5.89. The fourth-order valence-electron chi connectivity index (χ4n) is 4.02. The van der Waals surface area contributed by atoms with Crippen LogP contribution in [0.4, 0.5) is 10.1 Å². The first-order valence-electron chi connectivity index (χ1n) is 12.9. The Hall–Kier alpha value is -4.54. The molecule has 1 aromatic heterocycles. The van der Waals surface area contributed by atoms with Gasteiger partial charge in [0.25, 0.3) is 0 Å². The predicted molar refractivity (Wildman–Crippen MR) is 150 cm³/mol. The van der Waals surface area contributed by atoms with Gasteiger partial charge in [0.05, 0.1) is 11.1 Å². The second-order valence-electron chi connectivity index (χ2n) is 9.13. The zero-order valence-electron chi connectivity index (χ0n) is 22.5. The van der Waals surface area contributed by atoms with E-state index in [4.69, 9.17) is 23.4 Å². The Labute approximate surface area is 235 Å². The van der Waals surface area contributed by atoms with Gasteiger partial charge < -0.3 is 28.7 Å². The summed E-state index contributed by atoms with van der Waals surface area (Å²) in [7, 11) is 1.35. The van der Waals surface area contributed by atoms with Crippen LogP contribution in [0.1, 0.15) is 27.6 Å². The molecule has 0 spiro atoms. The van der Waals surface area contributed by atoms with E-state index in [9.17, 15) is 18.8 Å². The second kappa shape index (κ2) is 14.2. The Kier molecular flexibility index (Phi) is 10.2. The molecule has 0 bridgehead atoms. The van der Waals surface area contributed by atoms with Crippen LogP contribution in [-0.4, -0.2) is 56.9 Å². The molecule has 10 heteroatoms. The smallest absolute Gasteiger partial charge is 0.338 e. The van der Waals surface area contributed by atoms with E-state index in [0.717, 1.165) is 0 Å². The lowest BCUT2D eigenvalue weighted by Crippen LogP contribution is -2.46. The van der Waals surface area contributed by atoms with Crippen LogP contribution in [0.2, 0.25) is 0 Å². The molecule has 1 heterocycles. The molecule has 0 amide bonds. The van der Waals surface area contributed by atoms with Gasteiger partial charge in [-0.3, -0.25) is 0 Å². The first kappa shape index (κ1) is 29.4. The van der Waals surface area contributed by atoms with Crippen molar-refractivity contribution in [3.05, 3.63) is 113 Å². The molecular weight excluding hydrogens is 533 g/mol. The minimum absolute atomic E-state index is 0.236. The van der Waals surface area contributed by atoms with Crippen molar-refractivity contribution < 1.29 is 37.3 Å². The second-order valence-corrected chi connectivity index (χ2v) is 9.13. The van der Waals surface area contributed by atoms with Crippen LogP contribution in [0.25, 0.3) is 11.0 Å². The summed E-state index contributed by atoms with van der Waals surface area (Å²) >= 11 is 0. The molecule has 41 heavy (non-hydrogen) atoms. The van der Waals surface area contributed by atoms with Crippen molar-refractivity contribution in [2.75, 3.05) is 25.7 Å². The quantitative estimate of drug-likeness (QED) is 0.136. The van der Waals surface area contributed by atoms with Gasteiger partial charge in [0.1, 0.15) is 37.1 Å². The molecule has 0 radical (unpaired) electrons. The third-order valence-corrected chi connectivity index (χ3v) is 6.23. The van der Waals surface area contributed by atoms with E-state index in [0.29, 0.717) is 27.8 Å². The zero-order valence-corrected chi connectivity index (χ0v) is 22.5. The maximum atomic E-state index is 14.2. The van der Waals surface area contributed by atoms with Crippen molar-refractivity contribution in [1.29, 1.82) is 0 Å². The number of alkyl halides is 1. The summed E-state index contributed by atoms with van der Waals surface area (Å²) < 4.78 is 41.9. The summed E-state index contributed by atoms with van der Waals surface area (Å²) in [6, 6.07) is 23.9. The van der Waals surface area contributed by atoms with Gasteiger partial charge in [0.15, 0.2) is 6.29 Å². The Morgan fingerprint density at radius 2 is 1.54 bits per heavy atom. The fraction of sp³-hybridized carbons (Fsp3) is 0.258. The van der Waals surface area contributed by atoms with Crippen molar-refractivity contribution in [3.8, 4) is 0 Å². The Morgan fingerprint density at radius 3 is 2.17 bits per heavy atom. The van der Waals surface area contributed by atoms with E-state index in [1.807, 2.05) is 0 Å². The third-order valence-electron chi connectivity index (χ3n) is 6.23. The Morgan fingerprint density at radius 1 is 0.902 bits per heavy atom. The topological polar surface area (TPSA) is 113 Å². The Bertz CT molecular complexity index is 1490. The maximum Gasteiger partial charge on any atom is 0.338 e. The normalized spacial score (nSPS) is 14.0. The zero-order chi connectivity index (χ0) is 29.2. The minimum atomic E-state index is -1.20. The van der Waals surface area contributed by atoms with Crippen molar-refractivity contribution in [2.45, 2.75) is 31.5 Å². The summed E-state index contributed by atoms with van der Waals surface area (Å²) in [5.41, 5.74) is 0.984. The van der Waals surface area contributed by atoms with Gasteiger partial charge in [0.2, 0.25) is 0 Å². The van der Waals surface area contributed by atoms with E-state index in [2.05, 4.69) is 5.32 Å². The van der Waals surface area contributed by atoms with Gasteiger partial charge in [-0.05, 0) is 49.4 Å². The molecule has 0 aliphatic rings. The SMILES string of the molecule is CO[C@@H](OC(CF)[C@H](C)OC(=O)c1ccccc1)[C@H](COC(=O)c1ccccc1)Nc1ccc2ccc(=O)oc2c1. The highest BCUT2D eigenvalue weighted by Crippen LogP contribution is 2.21. The molecule has 1 N–H and O–H groups in total. The number of rotatable bonds is 13. The molecule has 0 saturated carbocycles. The van der Waals surface area contributed by atoms with E-state index >= 15 is 0 Å². The molecule has 4 atom stereocenters. The van der Waals surface area contributed by atoms with Crippen LogP contribution in [0.3, 0.4) is 0 Å². The average molecular weight is 564 g/mol. The number of benzene rings is 3. The number of hydrogen-bond acceptors (Lipinski definition) is 9. The number of carbonyl (C=O) groups excluding carboxylic acids is 2. The summed E-state index contributed by atoms with van der Waals surface area (Å²) in [5.74, 6) is -1.21. The van der Waals surface area contributed by atoms with Gasteiger partial charge in [-0.1, -0.05) is 36.4 Å². The Balaban J connectivity index is 1.53. The molecule has 0 fully saturated rings. The van der Waals surface area contributed by atoms with Gasteiger partial charge in [-0.15, -0.1) is 0 Å². The van der Waals surface area contributed by atoms with Crippen LogP contribution in [-0.2, 0) is 18.9 Å². The lowest BCUT2D eigenvalue weighted by Gasteiger charge is -2.32. The number of ether oxygens (including phenoxy) is 4. The summed E-state index contributed by atoms with van der Waals surface area (Å²) in [6.07, 6.45) is -3.33. The van der Waals surface area contributed by atoms with Crippen molar-refractivity contribution in [1.82, 2.24) is 0 Å².